The van der Waals surface area contributed by atoms with Crippen LogP contribution in [0.3, 0.4) is 0 Å². The second kappa shape index (κ2) is 15.9. The average Bonchev–Trinajstić information content (AvgIpc) is 3.81. The van der Waals surface area contributed by atoms with Gasteiger partial charge in [0.15, 0.2) is 0 Å². The number of hydrogen-bond acceptors (Lipinski definition) is 2. The third kappa shape index (κ3) is 6.69. The molecule has 11 aromatic rings. The van der Waals surface area contributed by atoms with Crippen LogP contribution in [0.4, 0.5) is 17.1 Å². The second-order valence-corrected chi connectivity index (χ2v) is 20.1. The van der Waals surface area contributed by atoms with Crippen LogP contribution >= 0.6 is 0 Å². The van der Waals surface area contributed by atoms with Crippen molar-refractivity contribution >= 4 is 71.6 Å². The van der Waals surface area contributed by atoms with Gasteiger partial charge in [-0.25, -0.2) is 0 Å². The first-order chi connectivity index (χ1) is 33.0. The minimum atomic E-state index is 0.134. The summed E-state index contributed by atoms with van der Waals surface area (Å²) in [5, 5.41) is 7.44. The van der Waals surface area contributed by atoms with E-state index in [4.69, 9.17) is 4.42 Å². The summed E-state index contributed by atoms with van der Waals surface area (Å²) >= 11 is 0. The van der Waals surface area contributed by atoms with Gasteiger partial charge in [-0.15, -0.1) is 0 Å². The molecule has 3 heteroatoms. The standard InChI is InChI=1S/C64H54N2O/c1-42-37-44-35-36-64(40-42,41-43(2)38-44)57-21-7-9-23-59(57)65(50-32-27-47(28-33-50)53-19-12-20-55-54-17-6-10-24-61(54)67-63(53)55)49-30-25-45(26-31-49)48-14-11-15-51(39-48)66-58-22-8-5-18-56(58)62-52-16-4-3-13-46(52)29-34-60(62)66/h3-34,39,42-44H,35-38,40-41H2,1-2H3/t42-,43-,44?,64?/m0/s1. The van der Waals surface area contributed by atoms with Crippen molar-refractivity contribution in [1.29, 1.82) is 0 Å². The lowest BCUT2D eigenvalue weighted by Crippen LogP contribution is -2.32. The Morgan fingerprint density at radius 2 is 1.18 bits per heavy atom. The molecule has 2 fully saturated rings. The van der Waals surface area contributed by atoms with Crippen LogP contribution in [0.15, 0.2) is 205 Å². The van der Waals surface area contributed by atoms with Crippen LogP contribution in [0, 0.1) is 17.8 Å². The van der Waals surface area contributed by atoms with E-state index in [2.05, 4.69) is 217 Å². The first-order valence-electron chi connectivity index (χ1n) is 24.5. The highest BCUT2D eigenvalue weighted by atomic mass is 16.3. The van der Waals surface area contributed by atoms with Crippen LogP contribution in [0.1, 0.15) is 57.9 Å². The van der Waals surface area contributed by atoms with Gasteiger partial charge in [-0.05, 0) is 155 Å². The Hall–Kier alpha value is -7.36. The maximum Gasteiger partial charge on any atom is 0.143 e. The number of para-hydroxylation sites is 4. The van der Waals surface area contributed by atoms with Crippen LogP contribution in [0.5, 0.6) is 0 Å². The van der Waals surface area contributed by atoms with Crippen LogP contribution in [0.25, 0.3) is 82.5 Å². The molecule has 0 N–H and O–H groups in total. The van der Waals surface area contributed by atoms with Gasteiger partial charge in [-0.1, -0.05) is 153 Å². The highest BCUT2D eigenvalue weighted by Crippen LogP contribution is 2.54. The van der Waals surface area contributed by atoms with Gasteiger partial charge in [0.25, 0.3) is 0 Å². The zero-order valence-corrected chi connectivity index (χ0v) is 38.3. The molecule has 0 spiro atoms. The van der Waals surface area contributed by atoms with Gasteiger partial charge in [0.2, 0.25) is 0 Å². The van der Waals surface area contributed by atoms with Crippen LogP contribution in [0.2, 0.25) is 0 Å². The van der Waals surface area contributed by atoms with Crippen molar-refractivity contribution in [3.05, 3.63) is 206 Å². The van der Waals surface area contributed by atoms with Crippen LogP contribution in [-0.4, -0.2) is 4.57 Å². The fourth-order valence-electron chi connectivity index (χ4n) is 13.0. The Labute approximate surface area is 392 Å². The van der Waals surface area contributed by atoms with Gasteiger partial charge in [0, 0.05) is 49.9 Å². The summed E-state index contributed by atoms with van der Waals surface area (Å²) in [6.45, 7) is 5.03. The fraction of sp³-hybridized carbons (Fsp3) is 0.188. The highest BCUT2D eigenvalue weighted by molar-refractivity contribution is 6.21. The molecule has 67 heavy (non-hydrogen) atoms. The minimum absolute atomic E-state index is 0.134. The molecule has 2 bridgehead atoms. The first-order valence-corrected chi connectivity index (χ1v) is 24.5. The molecule has 0 unspecified atom stereocenters. The van der Waals surface area contributed by atoms with E-state index in [0.29, 0.717) is 11.8 Å². The van der Waals surface area contributed by atoms with E-state index >= 15 is 0 Å². The van der Waals surface area contributed by atoms with Crippen LogP contribution < -0.4 is 4.90 Å². The van der Waals surface area contributed by atoms with Crippen molar-refractivity contribution in [2.24, 2.45) is 17.8 Å². The molecule has 2 aliphatic carbocycles. The van der Waals surface area contributed by atoms with Gasteiger partial charge in [0.1, 0.15) is 11.2 Å². The summed E-state index contributed by atoms with van der Waals surface area (Å²) in [4.78, 5) is 2.54. The van der Waals surface area contributed by atoms with E-state index in [0.717, 1.165) is 56.0 Å². The molecular weight excluding hydrogens is 813 g/mol. The van der Waals surface area contributed by atoms with Crippen molar-refractivity contribution in [1.82, 2.24) is 4.57 Å². The SMILES string of the molecule is C[C@H]1CC2CCC(c3ccccc3N(c3ccc(-c4cccc(-n5c6ccccc6c6c7ccccc7ccc65)c4)cc3)c3ccc(-c4cccc5c4oc4ccccc45)cc3)(C1)C[C@@H](C)C2. The molecule has 2 heterocycles. The summed E-state index contributed by atoms with van der Waals surface area (Å²) in [6.07, 6.45) is 7.79. The molecule has 326 valence electrons. The Morgan fingerprint density at radius 3 is 1.99 bits per heavy atom. The molecule has 2 saturated carbocycles. The summed E-state index contributed by atoms with van der Waals surface area (Å²) in [5.74, 6) is 2.25. The van der Waals surface area contributed by atoms with Crippen molar-refractivity contribution in [2.75, 3.05) is 4.90 Å². The number of fused-ring (bicyclic) bond motifs is 11. The Balaban J connectivity index is 0.925. The maximum absolute atomic E-state index is 6.52. The zero-order valence-electron chi connectivity index (χ0n) is 38.3. The number of hydrogen-bond donors (Lipinski definition) is 0. The number of benzene rings is 9. The van der Waals surface area contributed by atoms with E-state index in [1.54, 1.807) is 0 Å². The average molecular weight is 867 g/mol. The van der Waals surface area contributed by atoms with Gasteiger partial charge in [-0.2, -0.15) is 0 Å². The van der Waals surface area contributed by atoms with E-state index in [1.807, 2.05) is 6.07 Å². The predicted molar refractivity (Wildman–Crippen MR) is 282 cm³/mol. The molecule has 2 atom stereocenters. The lowest BCUT2D eigenvalue weighted by molar-refractivity contribution is 0.234. The van der Waals surface area contributed by atoms with Gasteiger partial charge < -0.3 is 13.9 Å². The summed E-state index contributed by atoms with van der Waals surface area (Å²) in [6, 6.07) is 74.1. The van der Waals surface area contributed by atoms with E-state index < -0.39 is 0 Å². The molecule has 0 radical (unpaired) electrons. The topological polar surface area (TPSA) is 21.3 Å². The Kier molecular flexibility index (Phi) is 9.49. The molecule has 9 aromatic carbocycles. The third-order valence-corrected chi connectivity index (χ3v) is 15.7. The van der Waals surface area contributed by atoms with E-state index in [-0.39, 0.29) is 5.41 Å². The quantitative estimate of drug-likeness (QED) is 0.159. The maximum atomic E-state index is 6.52. The smallest absolute Gasteiger partial charge is 0.143 e. The van der Waals surface area contributed by atoms with Gasteiger partial charge in [-0.3, -0.25) is 0 Å². The third-order valence-electron chi connectivity index (χ3n) is 15.7. The summed E-state index contributed by atoms with van der Waals surface area (Å²) < 4.78 is 8.96. The van der Waals surface area contributed by atoms with Crippen molar-refractivity contribution < 1.29 is 4.42 Å². The van der Waals surface area contributed by atoms with Crippen molar-refractivity contribution in [3.8, 4) is 27.9 Å². The van der Waals surface area contributed by atoms with Crippen molar-refractivity contribution in [3.63, 3.8) is 0 Å². The first kappa shape index (κ1) is 40.0. The number of anilines is 3. The number of nitrogens with zero attached hydrogens (tertiary/aromatic N) is 2. The van der Waals surface area contributed by atoms with E-state index in [9.17, 15) is 0 Å². The molecule has 2 aliphatic rings. The van der Waals surface area contributed by atoms with Gasteiger partial charge >= 0.3 is 0 Å². The molecule has 13 rings (SSSR count). The minimum Gasteiger partial charge on any atom is -0.455 e. The molecule has 0 amide bonds. The molecule has 0 saturated heterocycles. The largest absolute Gasteiger partial charge is 0.455 e. The molecular formula is C64H54N2O. The van der Waals surface area contributed by atoms with E-state index in [1.165, 1.54) is 93.5 Å². The predicted octanol–water partition coefficient (Wildman–Crippen LogP) is 18.1. The number of furan rings is 1. The zero-order chi connectivity index (χ0) is 44.6. The Bertz CT molecular complexity index is 3630. The fourth-order valence-corrected chi connectivity index (χ4v) is 13.0. The summed E-state index contributed by atoms with van der Waals surface area (Å²) in [7, 11) is 0. The monoisotopic (exact) mass is 866 g/mol. The molecule has 0 aliphatic heterocycles. The molecule has 2 aromatic heterocycles. The summed E-state index contributed by atoms with van der Waals surface area (Å²) in [5.41, 5.74) is 15.4. The normalized spacial score (nSPS) is 19.6. The lowest BCUT2D eigenvalue weighted by atomic mass is 9.66. The second-order valence-electron chi connectivity index (χ2n) is 20.1. The number of rotatable bonds is 7. The number of aromatic nitrogens is 1. The van der Waals surface area contributed by atoms with Crippen molar-refractivity contribution in [2.45, 2.75) is 57.8 Å². The highest BCUT2D eigenvalue weighted by Gasteiger charge is 2.43. The van der Waals surface area contributed by atoms with Gasteiger partial charge in [0.05, 0.1) is 11.0 Å². The molecule has 3 nitrogen and oxygen atoms in total. The van der Waals surface area contributed by atoms with Crippen LogP contribution in [-0.2, 0) is 5.41 Å². The Morgan fingerprint density at radius 1 is 0.522 bits per heavy atom. The lowest BCUT2D eigenvalue weighted by Gasteiger charge is -2.41.